The van der Waals surface area contributed by atoms with Crippen molar-refractivity contribution in [3.8, 4) is 66.8 Å². The molecule has 0 saturated carbocycles. The first-order chi connectivity index (χ1) is 26.4. The summed E-state index contributed by atoms with van der Waals surface area (Å²) in [7, 11) is 0. The molecule has 54 heavy (non-hydrogen) atoms. The molecule has 0 bridgehead atoms. The summed E-state index contributed by atoms with van der Waals surface area (Å²) in [6.45, 7) is 4.05. The smallest absolute Gasteiger partial charge is 0.411 e. The van der Waals surface area contributed by atoms with Crippen molar-refractivity contribution in [3.05, 3.63) is 147 Å². The van der Waals surface area contributed by atoms with Crippen molar-refractivity contribution in [2.24, 2.45) is 0 Å². The number of amides is 2. The van der Waals surface area contributed by atoms with Crippen LogP contribution in [0.3, 0.4) is 0 Å². The molecule has 0 aliphatic carbocycles. The lowest BCUT2D eigenvalue weighted by molar-refractivity contribution is 0.167. The van der Waals surface area contributed by atoms with E-state index in [9.17, 15) is 9.59 Å². The Morgan fingerprint density at radius 3 is 1.17 bits per heavy atom. The van der Waals surface area contributed by atoms with Crippen LogP contribution in [0.2, 0.25) is 0 Å². The van der Waals surface area contributed by atoms with E-state index < -0.39 is 12.2 Å². The SMILES string of the molecule is CCOC(=O)Nc1cncc(-c2cc(-c3cccnc3)cc(-c3cccc(-c4cc(-c5cccnc5)cc(-c5cncc(NC(=O)OCC)c5)c4)c3)c2)c1. The molecule has 0 aliphatic rings. The van der Waals surface area contributed by atoms with E-state index in [1.807, 2.05) is 54.9 Å². The molecule has 7 rings (SSSR count). The molecule has 2 N–H and O–H groups in total. The molecule has 0 unspecified atom stereocenters. The van der Waals surface area contributed by atoms with Crippen molar-refractivity contribution < 1.29 is 19.1 Å². The second kappa shape index (κ2) is 16.4. The van der Waals surface area contributed by atoms with Gasteiger partial charge in [0.15, 0.2) is 0 Å². The van der Waals surface area contributed by atoms with Gasteiger partial charge in [0.25, 0.3) is 0 Å². The van der Waals surface area contributed by atoms with Crippen molar-refractivity contribution >= 4 is 23.6 Å². The number of aromatic nitrogens is 4. The van der Waals surface area contributed by atoms with Crippen LogP contribution in [0, 0.1) is 0 Å². The van der Waals surface area contributed by atoms with E-state index in [0.29, 0.717) is 11.4 Å². The zero-order chi connectivity index (χ0) is 37.3. The van der Waals surface area contributed by atoms with Crippen LogP contribution >= 0.6 is 0 Å². The highest BCUT2D eigenvalue weighted by Gasteiger charge is 2.13. The molecule has 0 aliphatic heterocycles. The predicted molar refractivity (Wildman–Crippen MR) is 212 cm³/mol. The van der Waals surface area contributed by atoms with Crippen molar-refractivity contribution in [1.29, 1.82) is 0 Å². The molecule has 0 fully saturated rings. The zero-order valence-corrected chi connectivity index (χ0v) is 29.7. The Morgan fingerprint density at radius 2 is 0.778 bits per heavy atom. The molecule has 10 nitrogen and oxygen atoms in total. The number of pyridine rings is 4. The van der Waals surface area contributed by atoms with Crippen LogP contribution in [0.5, 0.6) is 0 Å². The first-order valence-electron chi connectivity index (χ1n) is 17.5. The van der Waals surface area contributed by atoms with E-state index >= 15 is 0 Å². The van der Waals surface area contributed by atoms with Gasteiger partial charge in [-0.15, -0.1) is 0 Å². The Labute approximate surface area is 312 Å². The Balaban J connectivity index is 1.32. The number of nitrogens with zero attached hydrogens (tertiary/aromatic N) is 4. The number of carbonyl (C=O) groups excluding carboxylic acids is 2. The fourth-order valence-corrected chi connectivity index (χ4v) is 6.10. The van der Waals surface area contributed by atoms with Gasteiger partial charge in [-0.05, 0) is 125 Å². The number of ether oxygens (including phenoxy) is 2. The molecule has 7 aromatic rings. The van der Waals surface area contributed by atoms with Gasteiger partial charge in [0.1, 0.15) is 0 Å². The summed E-state index contributed by atoms with van der Waals surface area (Å²) in [5, 5.41) is 5.51. The second-order valence-corrected chi connectivity index (χ2v) is 12.3. The molecular weight excluding hydrogens is 677 g/mol. The zero-order valence-electron chi connectivity index (χ0n) is 29.7. The number of nitrogens with one attached hydrogen (secondary N) is 2. The predicted octanol–water partition coefficient (Wildman–Crippen LogP) is 10.4. The number of carbonyl (C=O) groups is 2. The summed E-state index contributed by atoms with van der Waals surface area (Å²) in [5.74, 6) is 0. The van der Waals surface area contributed by atoms with Gasteiger partial charge in [0, 0.05) is 59.4 Å². The van der Waals surface area contributed by atoms with Gasteiger partial charge in [-0.25, -0.2) is 9.59 Å². The molecule has 4 aromatic heterocycles. The van der Waals surface area contributed by atoms with E-state index in [1.165, 1.54) is 0 Å². The maximum atomic E-state index is 12.2. The molecule has 2 amide bonds. The second-order valence-electron chi connectivity index (χ2n) is 12.3. The summed E-state index contributed by atoms with van der Waals surface area (Å²) in [6.07, 6.45) is 12.8. The van der Waals surface area contributed by atoms with Crippen molar-refractivity contribution in [3.63, 3.8) is 0 Å². The van der Waals surface area contributed by atoms with Gasteiger partial charge >= 0.3 is 12.2 Å². The first kappa shape index (κ1) is 35.2. The van der Waals surface area contributed by atoms with Gasteiger partial charge in [0.2, 0.25) is 0 Å². The maximum absolute atomic E-state index is 12.2. The van der Waals surface area contributed by atoms with E-state index in [-0.39, 0.29) is 13.2 Å². The van der Waals surface area contributed by atoms with Crippen LogP contribution in [-0.2, 0) is 9.47 Å². The summed E-state index contributed by atoms with van der Waals surface area (Å²) in [5.41, 5.74) is 12.4. The third-order valence-corrected chi connectivity index (χ3v) is 8.57. The minimum Gasteiger partial charge on any atom is -0.450 e. The molecule has 10 heteroatoms. The molecule has 266 valence electrons. The average Bonchev–Trinajstić information content (AvgIpc) is 3.21. The lowest BCUT2D eigenvalue weighted by Gasteiger charge is -2.14. The Bertz CT molecular complexity index is 2260. The van der Waals surface area contributed by atoms with Crippen molar-refractivity contribution in [2.45, 2.75) is 13.8 Å². The monoisotopic (exact) mass is 712 g/mol. The fourth-order valence-electron chi connectivity index (χ4n) is 6.10. The summed E-state index contributed by atoms with van der Waals surface area (Å²) in [4.78, 5) is 41.9. The van der Waals surface area contributed by atoms with Gasteiger partial charge in [-0.3, -0.25) is 30.6 Å². The number of rotatable bonds is 10. The molecular formula is C44H36N6O4. The van der Waals surface area contributed by atoms with E-state index in [2.05, 4.69) is 85.2 Å². The summed E-state index contributed by atoms with van der Waals surface area (Å²) < 4.78 is 10.1. The van der Waals surface area contributed by atoms with Gasteiger partial charge in [-0.1, -0.05) is 30.3 Å². The van der Waals surface area contributed by atoms with Gasteiger partial charge < -0.3 is 9.47 Å². The highest BCUT2D eigenvalue weighted by atomic mass is 16.6. The van der Waals surface area contributed by atoms with Crippen LogP contribution in [0.1, 0.15) is 13.8 Å². The normalized spacial score (nSPS) is 10.7. The van der Waals surface area contributed by atoms with Crippen LogP contribution < -0.4 is 10.6 Å². The topological polar surface area (TPSA) is 128 Å². The van der Waals surface area contributed by atoms with E-state index in [0.717, 1.165) is 66.8 Å². The van der Waals surface area contributed by atoms with Gasteiger partial charge in [-0.2, -0.15) is 0 Å². The Kier molecular flexibility index (Phi) is 10.7. The van der Waals surface area contributed by atoms with E-state index in [4.69, 9.17) is 9.47 Å². The molecule has 0 radical (unpaired) electrons. The summed E-state index contributed by atoms with van der Waals surface area (Å²) in [6, 6.07) is 32.8. The lowest BCUT2D eigenvalue weighted by Crippen LogP contribution is -2.13. The van der Waals surface area contributed by atoms with Crippen LogP contribution in [-0.4, -0.2) is 45.3 Å². The molecule has 3 aromatic carbocycles. The van der Waals surface area contributed by atoms with Gasteiger partial charge in [0.05, 0.1) is 37.0 Å². The maximum Gasteiger partial charge on any atom is 0.411 e. The van der Waals surface area contributed by atoms with Crippen LogP contribution in [0.4, 0.5) is 21.0 Å². The standard InChI is InChI=1S/C44H36N6O4/c1-3-53-43(51)49-41-21-39(25-47-27-41)37-17-33(15-35(19-37)31-10-6-12-45-23-31)29-8-5-9-30(14-29)34-16-36(32-11-7-13-46-24-32)20-38(18-34)40-22-42(28-48-26-40)50-44(52)54-4-2/h5-28H,3-4H2,1-2H3,(H,49,51)(H,50,52). The fraction of sp³-hybridized carbons (Fsp3) is 0.0909. The Morgan fingerprint density at radius 1 is 0.426 bits per heavy atom. The Hall–Kier alpha value is -7.20. The quantitative estimate of drug-likeness (QED) is 0.143. The third-order valence-electron chi connectivity index (χ3n) is 8.57. The largest absolute Gasteiger partial charge is 0.450 e. The lowest BCUT2D eigenvalue weighted by atomic mass is 9.91. The minimum absolute atomic E-state index is 0.266. The number of hydrogen-bond acceptors (Lipinski definition) is 8. The first-order valence-corrected chi connectivity index (χ1v) is 17.5. The molecule has 0 atom stereocenters. The van der Waals surface area contributed by atoms with E-state index in [1.54, 1.807) is 51.0 Å². The minimum atomic E-state index is -0.536. The average molecular weight is 713 g/mol. The van der Waals surface area contributed by atoms with Crippen LogP contribution in [0.25, 0.3) is 66.8 Å². The molecule has 4 heterocycles. The number of hydrogen-bond donors (Lipinski definition) is 2. The van der Waals surface area contributed by atoms with Crippen molar-refractivity contribution in [1.82, 2.24) is 19.9 Å². The molecule has 0 spiro atoms. The highest BCUT2D eigenvalue weighted by Crippen LogP contribution is 2.37. The third kappa shape index (κ3) is 8.46. The molecule has 0 saturated heterocycles. The number of benzene rings is 3. The highest BCUT2D eigenvalue weighted by molar-refractivity contribution is 5.89. The summed E-state index contributed by atoms with van der Waals surface area (Å²) >= 11 is 0. The van der Waals surface area contributed by atoms with Crippen LogP contribution in [0.15, 0.2) is 147 Å². The van der Waals surface area contributed by atoms with Crippen molar-refractivity contribution in [2.75, 3.05) is 23.8 Å². The number of anilines is 2.